The van der Waals surface area contributed by atoms with Gasteiger partial charge >= 0.3 is 0 Å². The smallest absolute Gasteiger partial charge is 0.265 e. The number of halogens is 3. The van der Waals surface area contributed by atoms with Crippen LogP contribution in [-0.2, 0) is 16.6 Å². The minimum Gasteiger partial charge on any atom is -0.497 e. The second-order valence-corrected chi connectivity index (χ2v) is 8.47. The first-order valence-corrected chi connectivity index (χ1v) is 10.3. The molecule has 0 amide bonds. The van der Waals surface area contributed by atoms with Gasteiger partial charge in [0, 0.05) is 0 Å². The van der Waals surface area contributed by atoms with E-state index in [4.69, 9.17) is 16.3 Å². The molecule has 0 fully saturated rings. The second-order valence-electron chi connectivity index (χ2n) is 6.20. The van der Waals surface area contributed by atoms with Gasteiger partial charge in [-0.2, -0.15) is 4.39 Å². The largest absolute Gasteiger partial charge is 0.497 e. The molecule has 0 N–H and O–H groups in total. The zero-order valence-electron chi connectivity index (χ0n) is 15.6. The Morgan fingerprint density at radius 1 is 1.10 bits per heavy atom. The summed E-state index contributed by atoms with van der Waals surface area (Å²) in [5.74, 6) is -1.06. The zero-order chi connectivity index (χ0) is 21.2. The minimum absolute atomic E-state index is 0.110. The molecule has 5 nitrogen and oxygen atoms in total. The van der Waals surface area contributed by atoms with E-state index in [9.17, 15) is 17.2 Å². The fraction of sp³-hybridized carbons (Fsp3) is 0.150. The molecule has 0 spiro atoms. The van der Waals surface area contributed by atoms with Crippen LogP contribution in [0.3, 0.4) is 0 Å². The maximum Gasteiger partial charge on any atom is 0.265 e. The number of benzene rings is 2. The lowest BCUT2D eigenvalue weighted by molar-refractivity contribution is 0.414. The van der Waals surface area contributed by atoms with Crippen LogP contribution in [0.4, 0.5) is 14.6 Å². The van der Waals surface area contributed by atoms with Crippen molar-refractivity contribution in [2.24, 2.45) is 0 Å². The quantitative estimate of drug-likeness (QED) is 0.522. The minimum atomic E-state index is -4.22. The second kappa shape index (κ2) is 8.34. The number of sulfonamides is 1. The number of methoxy groups -OCH3 is 1. The van der Waals surface area contributed by atoms with E-state index in [2.05, 4.69) is 4.98 Å². The lowest BCUT2D eigenvalue weighted by Gasteiger charge is -2.24. The highest BCUT2D eigenvalue weighted by Gasteiger charge is 2.28. The summed E-state index contributed by atoms with van der Waals surface area (Å²) >= 11 is 5.77. The molecule has 0 aliphatic heterocycles. The zero-order valence-corrected chi connectivity index (χ0v) is 17.1. The maximum atomic E-state index is 13.7. The van der Waals surface area contributed by atoms with Gasteiger partial charge in [0.05, 0.1) is 23.6 Å². The third kappa shape index (κ3) is 4.49. The van der Waals surface area contributed by atoms with Crippen LogP contribution in [0.1, 0.15) is 11.1 Å². The van der Waals surface area contributed by atoms with Crippen molar-refractivity contribution < 1.29 is 21.9 Å². The monoisotopic (exact) mass is 438 g/mol. The van der Waals surface area contributed by atoms with Crippen molar-refractivity contribution in [3.63, 3.8) is 0 Å². The van der Waals surface area contributed by atoms with Gasteiger partial charge in [-0.25, -0.2) is 22.1 Å². The van der Waals surface area contributed by atoms with Gasteiger partial charge in [0.25, 0.3) is 10.0 Å². The van der Waals surface area contributed by atoms with E-state index in [1.54, 1.807) is 25.1 Å². The number of aromatic nitrogens is 1. The molecule has 1 heterocycles. The Balaban J connectivity index is 2.11. The van der Waals surface area contributed by atoms with Crippen LogP contribution < -0.4 is 9.04 Å². The predicted molar refractivity (Wildman–Crippen MR) is 107 cm³/mol. The van der Waals surface area contributed by atoms with Gasteiger partial charge < -0.3 is 4.74 Å². The number of hydrogen-bond acceptors (Lipinski definition) is 4. The average molecular weight is 439 g/mol. The first kappa shape index (κ1) is 21.0. The van der Waals surface area contributed by atoms with Crippen LogP contribution in [0.2, 0.25) is 5.02 Å². The number of rotatable bonds is 6. The van der Waals surface area contributed by atoms with Gasteiger partial charge in [-0.05, 0) is 60.5 Å². The molecule has 0 unspecified atom stereocenters. The van der Waals surface area contributed by atoms with Gasteiger partial charge in [-0.1, -0.05) is 23.7 Å². The first-order valence-electron chi connectivity index (χ1n) is 8.46. The first-order chi connectivity index (χ1) is 13.7. The van der Waals surface area contributed by atoms with E-state index >= 15 is 0 Å². The van der Waals surface area contributed by atoms with Crippen LogP contribution in [0, 0.1) is 18.7 Å². The molecule has 29 heavy (non-hydrogen) atoms. The lowest BCUT2D eigenvalue weighted by Crippen LogP contribution is -2.31. The molecule has 0 saturated carbocycles. The molecular formula is C20H17ClF2N2O3S. The number of nitrogens with zero attached hydrogens (tertiary/aromatic N) is 2. The Morgan fingerprint density at radius 3 is 2.48 bits per heavy atom. The fourth-order valence-electron chi connectivity index (χ4n) is 2.72. The molecule has 0 bridgehead atoms. The van der Waals surface area contributed by atoms with E-state index in [1.807, 2.05) is 0 Å². The lowest BCUT2D eigenvalue weighted by atomic mass is 10.1. The van der Waals surface area contributed by atoms with E-state index in [1.165, 1.54) is 19.2 Å². The van der Waals surface area contributed by atoms with Crippen molar-refractivity contribution in [3.8, 4) is 5.75 Å². The fourth-order valence-corrected chi connectivity index (χ4v) is 4.38. The van der Waals surface area contributed by atoms with Crippen LogP contribution >= 0.6 is 11.6 Å². The predicted octanol–water partition coefficient (Wildman–Crippen LogP) is 4.73. The van der Waals surface area contributed by atoms with E-state index in [-0.39, 0.29) is 22.3 Å². The molecule has 1 aromatic heterocycles. The van der Waals surface area contributed by atoms with E-state index in [0.717, 1.165) is 34.1 Å². The summed E-state index contributed by atoms with van der Waals surface area (Å²) in [5.41, 5.74) is 1.44. The molecular weight excluding hydrogens is 422 g/mol. The SMILES string of the molecule is COc1ccc(CN(c2cccc(F)n2)S(=O)(=O)c2ccc(F)c(Cl)c2)c(C)c1. The molecule has 0 radical (unpaired) electrons. The molecule has 0 aliphatic carbocycles. The molecule has 0 atom stereocenters. The highest BCUT2D eigenvalue weighted by atomic mass is 35.5. The highest BCUT2D eigenvalue weighted by Crippen LogP contribution is 2.28. The third-order valence-electron chi connectivity index (χ3n) is 4.30. The van der Waals surface area contributed by atoms with E-state index < -0.39 is 21.8 Å². The van der Waals surface area contributed by atoms with Crippen molar-refractivity contribution in [2.75, 3.05) is 11.4 Å². The normalized spacial score (nSPS) is 11.3. The molecule has 3 aromatic rings. The summed E-state index contributed by atoms with van der Waals surface area (Å²) in [4.78, 5) is 3.48. The van der Waals surface area contributed by atoms with Gasteiger partial charge in [-0.3, -0.25) is 0 Å². The Kier molecular flexibility index (Phi) is 6.04. The summed E-state index contributed by atoms with van der Waals surface area (Å²) in [5, 5.41) is -0.334. The van der Waals surface area contributed by atoms with Gasteiger partial charge in [0.2, 0.25) is 5.95 Å². The van der Waals surface area contributed by atoms with Gasteiger partial charge in [0.1, 0.15) is 17.4 Å². The average Bonchev–Trinajstić information content (AvgIpc) is 2.68. The van der Waals surface area contributed by atoms with Crippen LogP contribution in [0.25, 0.3) is 0 Å². The van der Waals surface area contributed by atoms with Crippen molar-refractivity contribution in [2.45, 2.75) is 18.4 Å². The molecule has 0 aliphatic rings. The summed E-state index contributed by atoms with van der Waals surface area (Å²) in [6.45, 7) is 1.68. The summed E-state index contributed by atoms with van der Waals surface area (Å²) < 4.78 is 60.0. The van der Waals surface area contributed by atoms with E-state index in [0.29, 0.717) is 11.3 Å². The molecule has 2 aromatic carbocycles. The molecule has 3 rings (SSSR count). The Bertz CT molecular complexity index is 1160. The van der Waals surface area contributed by atoms with Gasteiger partial charge in [-0.15, -0.1) is 0 Å². The number of aryl methyl sites for hydroxylation is 1. The van der Waals surface area contributed by atoms with Crippen LogP contribution in [0.15, 0.2) is 59.5 Å². The molecule has 9 heteroatoms. The number of ether oxygens (including phenoxy) is 1. The van der Waals surface area contributed by atoms with Gasteiger partial charge in [0.15, 0.2) is 0 Å². The van der Waals surface area contributed by atoms with Crippen LogP contribution in [-0.4, -0.2) is 20.5 Å². The maximum absolute atomic E-state index is 13.7. The Morgan fingerprint density at radius 2 is 1.86 bits per heavy atom. The summed E-state index contributed by atoms with van der Waals surface area (Å²) in [6.07, 6.45) is 0. The Labute approximate surface area is 172 Å². The molecule has 152 valence electrons. The van der Waals surface area contributed by atoms with Crippen molar-refractivity contribution in [1.29, 1.82) is 0 Å². The number of hydrogen-bond donors (Lipinski definition) is 0. The topological polar surface area (TPSA) is 59.5 Å². The van der Waals surface area contributed by atoms with Crippen molar-refractivity contribution in [3.05, 3.63) is 82.5 Å². The van der Waals surface area contributed by atoms with Crippen molar-refractivity contribution in [1.82, 2.24) is 4.98 Å². The van der Waals surface area contributed by atoms with Crippen LogP contribution in [0.5, 0.6) is 5.75 Å². The summed E-state index contributed by atoms with van der Waals surface area (Å²) in [6, 6.07) is 12.1. The number of anilines is 1. The highest BCUT2D eigenvalue weighted by molar-refractivity contribution is 7.92. The third-order valence-corrected chi connectivity index (χ3v) is 6.33. The standard InChI is InChI=1S/C20H17ClF2N2O3S/c1-13-10-15(28-2)7-6-14(13)12-25(20-5-3-4-19(23)24-20)29(26,27)16-8-9-18(22)17(21)11-16/h3-11H,12H2,1-2H3. The number of pyridine rings is 1. The Hall–Kier alpha value is -2.71. The van der Waals surface area contributed by atoms with Crippen molar-refractivity contribution >= 4 is 27.4 Å². The summed E-state index contributed by atoms with van der Waals surface area (Å²) in [7, 11) is -2.69. The molecule has 0 saturated heterocycles.